The van der Waals surface area contributed by atoms with Crippen LogP contribution in [0.15, 0.2) is 30.3 Å². The van der Waals surface area contributed by atoms with Crippen molar-refractivity contribution in [3.05, 3.63) is 56.0 Å². The Balaban J connectivity index is 2.10. The summed E-state index contributed by atoms with van der Waals surface area (Å²) in [6, 6.07) is 8.84. The largest absolute Gasteiger partial charge is 0.478 e. The normalized spacial score (nSPS) is 10.1. The molecule has 0 aliphatic rings. The van der Waals surface area contributed by atoms with Gasteiger partial charge >= 0.3 is 0 Å². The summed E-state index contributed by atoms with van der Waals surface area (Å²) in [6.45, 7) is 0.632. The molecule has 0 spiro atoms. The summed E-state index contributed by atoms with van der Waals surface area (Å²) in [5, 5.41) is 5.03. The lowest BCUT2D eigenvalue weighted by Gasteiger charge is -2.12. The molecule has 0 saturated heterocycles. The van der Waals surface area contributed by atoms with Crippen molar-refractivity contribution in [3.63, 3.8) is 0 Å². The molecule has 0 amide bonds. The van der Waals surface area contributed by atoms with Crippen molar-refractivity contribution in [1.29, 1.82) is 0 Å². The lowest BCUT2D eigenvalue weighted by atomic mass is 10.2. The van der Waals surface area contributed by atoms with Crippen LogP contribution in [-0.2, 0) is 6.54 Å². The van der Waals surface area contributed by atoms with Gasteiger partial charge in [-0.1, -0.05) is 52.3 Å². The van der Waals surface area contributed by atoms with Crippen LogP contribution in [0.1, 0.15) is 5.56 Å². The maximum atomic E-state index is 6.15. The summed E-state index contributed by atoms with van der Waals surface area (Å²) >= 11 is 24.2. The van der Waals surface area contributed by atoms with E-state index in [-0.39, 0.29) is 6.61 Å². The van der Waals surface area contributed by atoms with Crippen LogP contribution in [0.5, 0.6) is 5.75 Å². The van der Waals surface area contributed by atoms with Gasteiger partial charge in [0.2, 0.25) is 0 Å². The van der Waals surface area contributed by atoms with Crippen molar-refractivity contribution in [1.82, 2.24) is 0 Å². The van der Waals surface area contributed by atoms with E-state index in [1.54, 1.807) is 24.3 Å². The van der Waals surface area contributed by atoms with Crippen LogP contribution in [0, 0.1) is 12.3 Å². The summed E-state index contributed by atoms with van der Waals surface area (Å²) in [7, 11) is 0. The first-order valence-corrected chi connectivity index (χ1v) is 7.75. The zero-order valence-electron chi connectivity index (χ0n) is 11.3. The van der Waals surface area contributed by atoms with Crippen LogP contribution in [0.2, 0.25) is 20.1 Å². The maximum Gasteiger partial charge on any atom is 0.157 e. The molecule has 6 heteroatoms. The van der Waals surface area contributed by atoms with E-state index in [4.69, 9.17) is 57.6 Å². The number of nitrogens with one attached hydrogen (secondary N) is 1. The predicted molar refractivity (Wildman–Crippen MR) is 94.6 cm³/mol. The standard InChI is InChI=1S/C16H11Cl4NO/c1-2-5-22-16-14(19)6-10(7-15(16)20)9-21-11-3-4-12(17)13(18)8-11/h1,3-4,6-8,21H,5,9H2. The number of terminal acetylenes is 1. The number of ether oxygens (including phenoxy) is 1. The van der Waals surface area contributed by atoms with Crippen molar-refractivity contribution in [2.45, 2.75) is 6.54 Å². The fraction of sp³-hybridized carbons (Fsp3) is 0.125. The average Bonchev–Trinajstić information content (AvgIpc) is 2.48. The SMILES string of the molecule is C#CCOc1c(Cl)cc(CNc2ccc(Cl)c(Cl)c2)cc1Cl. The Morgan fingerprint density at radius 1 is 0.955 bits per heavy atom. The third-order valence-corrected chi connectivity index (χ3v) is 4.07. The second-order valence-corrected chi connectivity index (χ2v) is 5.99. The van der Waals surface area contributed by atoms with Gasteiger partial charge < -0.3 is 10.1 Å². The van der Waals surface area contributed by atoms with E-state index in [1.807, 2.05) is 6.07 Å². The van der Waals surface area contributed by atoms with Crippen molar-refractivity contribution in [2.75, 3.05) is 11.9 Å². The number of halogens is 4. The zero-order chi connectivity index (χ0) is 16.1. The predicted octanol–water partition coefficient (Wildman–Crippen LogP) is 5.92. The van der Waals surface area contributed by atoms with E-state index in [9.17, 15) is 0 Å². The van der Waals surface area contributed by atoms with Gasteiger partial charge in [-0.05, 0) is 35.9 Å². The molecule has 0 aliphatic carbocycles. The summed E-state index contributed by atoms with van der Waals surface area (Å²) in [5.74, 6) is 2.76. The lowest BCUT2D eigenvalue weighted by molar-refractivity contribution is 0.371. The molecule has 22 heavy (non-hydrogen) atoms. The number of hydrogen-bond acceptors (Lipinski definition) is 2. The molecule has 0 fully saturated rings. The first kappa shape index (κ1) is 17.1. The van der Waals surface area contributed by atoms with Crippen molar-refractivity contribution in [3.8, 4) is 18.1 Å². The van der Waals surface area contributed by atoms with Crippen LogP contribution < -0.4 is 10.1 Å². The number of benzene rings is 2. The molecule has 2 nitrogen and oxygen atoms in total. The van der Waals surface area contributed by atoms with Gasteiger partial charge in [0.25, 0.3) is 0 Å². The maximum absolute atomic E-state index is 6.15. The second kappa shape index (κ2) is 7.85. The zero-order valence-corrected chi connectivity index (χ0v) is 14.3. The summed E-state index contributed by atoms with van der Waals surface area (Å²) in [5.41, 5.74) is 1.74. The number of hydrogen-bond donors (Lipinski definition) is 1. The average molecular weight is 375 g/mol. The Hall–Kier alpha value is -1.24. The Bertz CT molecular complexity index is 702. The molecule has 2 aromatic carbocycles. The molecule has 0 unspecified atom stereocenters. The van der Waals surface area contributed by atoms with Crippen molar-refractivity contribution in [2.24, 2.45) is 0 Å². The molecular formula is C16H11Cl4NO. The minimum atomic E-state index is 0.111. The Morgan fingerprint density at radius 3 is 2.23 bits per heavy atom. The van der Waals surface area contributed by atoms with E-state index in [1.165, 1.54) is 0 Å². The second-order valence-electron chi connectivity index (χ2n) is 4.36. The van der Waals surface area contributed by atoms with Gasteiger partial charge in [-0.15, -0.1) is 6.42 Å². The first-order valence-electron chi connectivity index (χ1n) is 6.24. The highest BCUT2D eigenvalue weighted by molar-refractivity contribution is 6.42. The number of anilines is 1. The highest BCUT2D eigenvalue weighted by Gasteiger charge is 2.09. The topological polar surface area (TPSA) is 21.3 Å². The van der Waals surface area contributed by atoms with Gasteiger partial charge in [-0.25, -0.2) is 0 Å². The number of rotatable bonds is 5. The van der Waals surface area contributed by atoms with E-state index in [0.717, 1.165) is 11.3 Å². The van der Waals surface area contributed by atoms with E-state index in [2.05, 4.69) is 11.2 Å². The van der Waals surface area contributed by atoms with Crippen LogP contribution in [0.25, 0.3) is 0 Å². The quantitative estimate of drug-likeness (QED) is 0.655. The van der Waals surface area contributed by atoms with Gasteiger partial charge in [0, 0.05) is 12.2 Å². The molecule has 0 heterocycles. The Morgan fingerprint density at radius 2 is 1.64 bits per heavy atom. The van der Waals surface area contributed by atoms with Gasteiger partial charge in [-0.3, -0.25) is 0 Å². The van der Waals surface area contributed by atoms with E-state index < -0.39 is 0 Å². The van der Waals surface area contributed by atoms with Crippen LogP contribution >= 0.6 is 46.4 Å². The fourth-order valence-corrected chi connectivity index (χ4v) is 2.72. The molecule has 1 N–H and O–H groups in total. The Labute approximate surface area is 149 Å². The molecule has 0 saturated carbocycles. The van der Waals surface area contributed by atoms with Gasteiger partial charge in [-0.2, -0.15) is 0 Å². The highest BCUT2D eigenvalue weighted by atomic mass is 35.5. The molecule has 0 bridgehead atoms. The monoisotopic (exact) mass is 373 g/mol. The minimum absolute atomic E-state index is 0.111. The van der Waals surface area contributed by atoms with Crippen LogP contribution in [0.4, 0.5) is 5.69 Å². The lowest BCUT2D eigenvalue weighted by Crippen LogP contribution is -2.01. The molecule has 2 aromatic rings. The van der Waals surface area contributed by atoms with Gasteiger partial charge in [0.15, 0.2) is 5.75 Å². The summed E-state index contributed by atoms with van der Waals surface area (Å²) in [4.78, 5) is 0. The molecule has 0 atom stereocenters. The summed E-state index contributed by atoms with van der Waals surface area (Å²) in [6.07, 6.45) is 5.15. The van der Waals surface area contributed by atoms with Crippen molar-refractivity contribution >= 4 is 52.1 Å². The molecule has 2 rings (SSSR count). The van der Waals surface area contributed by atoms with Gasteiger partial charge in [0.1, 0.15) is 6.61 Å². The van der Waals surface area contributed by atoms with Crippen molar-refractivity contribution < 1.29 is 4.74 Å². The first-order chi connectivity index (χ1) is 10.5. The van der Waals surface area contributed by atoms with Crippen LogP contribution in [0.3, 0.4) is 0 Å². The molecule has 0 aromatic heterocycles. The fourth-order valence-electron chi connectivity index (χ4n) is 1.78. The smallest absolute Gasteiger partial charge is 0.157 e. The highest BCUT2D eigenvalue weighted by Crippen LogP contribution is 2.34. The minimum Gasteiger partial charge on any atom is -0.478 e. The molecule has 0 aliphatic heterocycles. The van der Waals surface area contributed by atoms with E-state index >= 15 is 0 Å². The molecule has 114 valence electrons. The Kier molecular flexibility index (Phi) is 6.11. The third kappa shape index (κ3) is 4.38. The van der Waals surface area contributed by atoms with Crippen LogP contribution in [-0.4, -0.2) is 6.61 Å². The molecular weight excluding hydrogens is 364 g/mol. The summed E-state index contributed by atoms with van der Waals surface area (Å²) < 4.78 is 5.31. The van der Waals surface area contributed by atoms with E-state index in [0.29, 0.717) is 32.4 Å². The third-order valence-electron chi connectivity index (χ3n) is 2.77. The molecule has 0 radical (unpaired) electrons. The van der Waals surface area contributed by atoms with Gasteiger partial charge in [0.05, 0.1) is 20.1 Å².